The Balaban J connectivity index is 1.68. The topological polar surface area (TPSA) is 108 Å². The second-order valence-electron chi connectivity index (χ2n) is 5.28. The van der Waals surface area contributed by atoms with Crippen LogP contribution in [0.5, 0.6) is 0 Å². The molecule has 10 heteroatoms. The molecule has 0 aliphatic carbocycles. The molecule has 0 unspecified atom stereocenters. The minimum Gasteiger partial charge on any atom is -0.337 e. The van der Waals surface area contributed by atoms with Gasteiger partial charge in [-0.1, -0.05) is 11.8 Å². The number of aromatic nitrogens is 3. The van der Waals surface area contributed by atoms with Gasteiger partial charge in [0, 0.05) is 25.4 Å². The number of carbonyl (C=O) groups excluding carboxylic acids is 1. The Kier molecular flexibility index (Phi) is 5.68. The molecular weight excluding hydrogens is 326 g/mol. The largest absolute Gasteiger partial charge is 0.337 e. The van der Waals surface area contributed by atoms with E-state index in [-0.39, 0.29) is 23.6 Å². The summed E-state index contributed by atoms with van der Waals surface area (Å²) in [6, 6.07) is -0.178. The molecule has 124 valence electrons. The lowest BCUT2D eigenvalue weighted by Gasteiger charge is -2.31. The number of hydrogen-bond donors (Lipinski definition) is 2. The second-order valence-corrected chi connectivity index (χ2v) is 8.64. The predicted octanol–water partition coefficient (Wildman–Crippen LogP) is 0.424. The Labute approximate surface area is 134 Å². The fourth-order valence-corrected chi connectivity index (χ4v) is 4.41. The quantitative estimate of drug-likeness (QED) is 0.590. The molecule has 0 bridgehead atoms. The molecule has 0 radical (unpaired) electrons. The third-order valence-corrected chi connectivity index (χ3v) is 6.14. The Morgan fingerprint density at radius 1 is 1.45 bits per heavy atom. The van der Waals surface area contributed by atoms with Gasteiger partial charge < -0.3 is 10.2 Å². The van der Waals surface area contributed by atoms with Crippen LogP contribution in [0.4, 0.5) is 4.79 Å². The van der Waals surface area contributed by atoms with Gasteiger partial charge in [0.1, 0.15) is 15.7 Å². The fraction of sp³-hybridized carbons (Fsp3) is 0.750. The molecule has 1 aromatic rings. The normalized spacial score (nSPS) is 18.1. The molecule has 0 saturated carbocycles. The third kappa shape index (κ3) is 4.87. The van der Waals surface area contributed by atoms with Crippen molar-refractivity contribution in [2.24, 2.45) is 0 Å². The van der Waals surface area contributed by atoms with Gasteiger partial charge in [-0.15, -0.1) is 5.10 Å². The molecule has 1 fully saturated rings. The number of rotatable bonds is 5. The molecule has 1 aliphatic heterocycles. The van der Waals surface area contributed by atoms with E-state index in [1.165, 1.54) is 11.8 Å². The molecule has 1 saturated heterocycles. The molecule has 1 aliphatic rings. The summed E-state index contributed by atoms with van der Waals surface area (Å²) in [5.74, 6) is 1.76. The summed E-state index contributed by atoms with van der Waals surface area (Å²) in [7, 11) is -1.19. The number of nitrogens with one attached hydrogen (secondary N) is 2. The number of sulfone groups is 1. The van der Waals surface area contributed by atoms with Crippen molar-refractivity contribution in [3.63, 3.8) is 0 Å². The van der Waals surface area contributed by atoms with Crippen LogP contribution >= 0.6 is 11.8 Å². The number of carbonyl (C=O) groups is 1. The lowest BCUT2D eigenvalue weighted by atomic mass is 10.1. The lowest BCUT2D eigenvalue weighted by Crippen LogP contribution is -2.47. The zero-order valence-electron chi connectivity index (χ0n) is 12.7. The molecule has 0 spiro atoms. The maximum Gasteiger partial charge on any atom is 0.317 e. The summed E-state index contributed by atoms with van der Waals surface area (Å²) in [6.07, 6.45) is 1.02. The number of urea groups is 1. The minimum absolute atomic E-state index is 0.00756. The van der Waals surface area contributed by atoms with Crippen LogP contribution in [-0.4, -0.2) is 71.4 Å². The summed E-state index contributed by atoms with van der Waals surface area (Å²) in [4.78, 5) is 17.8. The van der Waals surface area contributed by atoms with E-state index < -0.39 is 9.84 Å². The van der Waals surface area contributed by atoms with Crippen LogP contribution < -0.4 is 5.32 Å². The number of amides is 2. The monoisotopic (exact) mass is 347 g/mol. The highest BCUT2D eigenvalue weighted by molar-refractivity contribution is 7.99. The van der Waals surface area contributed by atoms with Gasteiger partial charge >= 0.3 is 6.03 Å². The number of nitrogens with zero attached hydrogens (tertiary/aromatic N) is 3. The van der Waals surface area contributed by atoms with Crippen LogP contribution in [-0.2, 0) is 9.84 Å². The zero-order valence-corrected chi connectivity index (χ0v) is 14.3. The van der Waals surface area contributed by atoms with Gasteiger partial charge in [0.25, 0.3) is 0 Å². The maximum atomic E-state index is 12.0. The highest BCUT2D eigenvalue weighted by atomic mass is 32.2. The van der Waals surface area contributed by atoms with Crippen molar-refractivity contribution in [3.8, 4) is 0 Å². The van der Waals surface area contributed by atoms with E-state index in [9.17, 15) is 13.2 Å². The molecule has 1 aromatic heterocycles. The van der Waals surface area contributed by atoms with E-state index in [0.717, 1.165) is 5.82 Å². The molecule has 2 amide bonds. The summed E-state index contributed by atoms with van der Waals surface area (Å²) in [6.45, 7) is 2.34. The van der Waals surface area contributed by atoms with Crippen molar-refractivity contribution in [1.82, 2.24) is 25.4 Å². The van der Waals surface area contributed by atoms with Crippen LogP contribution in [0.25, 0.3) is 0 Å². The zero-order chi connectivity index (χ0) is 16.2. The van der Waals surface area contributed by atoms with Gasteiger partial charge in [-0.25, -0.2) is 18.2 Å². The van der Waals surface area contributed by atoms with Crippen LogP contribution in [0, 0.1) is 6.92 Å². The van der Waals surface area contributed by atoms with Crippen LogP contribution in [0.1, 0.15) is 18.7 Å². The first-order valence-corrected chi connectivity index (χ1v) is 9.91. The summed E-state index contributed by atoms with van der Waals surface area (Å²) in [5, 5.41) is 10.3. The van der Waals surface area contributed by atoms with Gasteiger partial charge in [-0.3, -0.25) is 5.10 Å². The van der Waals surface area contributed by atoms with Gasteiger partial charge in [-0.2, -0.15) is 0 Å². The van der Waals surface area contributed by atoms with Crippen LogP contribution in [0.15, 0.2) is 5.16 Å². The fourth-order valence-electron chi connectivity index (χ4n) is 2.24. The Bertz CT molecular complexity index is 602. The number of aromatic amines is 1. The van der Waals surface area contributed by atoms with E-state index in [1.54, 1.807) is 11.9 Å². The maximum absolute atomic E-state index is 12.0. The van der Waals surface area contributed by atoms with Crippen LogP contribution in [0.2, 0.25) is 0 Å². The average molecular weight is 347 g/mol. The average Bonchev–Trinajstić information content (AvgIpc) is 2.88. The molecule has 0 atom stereocenters. The van der Waals surface area contributed by atoms with Crippen molar-refractivity contribution in [3.05, 3.63) is 5.82 Å². The Morgan fingerprint density at radius 3 is 2.73 bits per heavy atom. The third-order valence-electron chi connectivity index (χ3n) is 3.58. The molecule has 2 heterocycles. The van der Waals surface area contributed by atoms with Gasteiger partial charge in [0.05, 0.1) is 11.5 Å². The smallest absolute Gasteiger partial charge is 0.317 e. The van der Waals surface area contributed by atoms with E-state index in [4.69, 9.17) is 0 Å². The molecule has 8 nitrogen and oxygen atoms in total. The lowest BCUT2D eigenvalue weighted by molar-refractivity contribution is 0.186. The predicted molar refractivity (Wildman–Crippen MR) is 84.7 cm³/mol. The van der Waals surface area contributed by atoms with E-state index in [1.807, 2.05) is 6.92 Å². The van der Waals surface area contributed by atoms with Gasteiger partial charge in [0.2, 0.25) is 5.16 Å². The SMILES string of the molecule is Cc1nc(SCCNC(=O)N(C)C2CCS(=O)(=O)CC2)n[nH]1. The van der Waals surface area contributed by atoms with Crippen molar-refractivity contribution < 1.29 is 13.2 Å². The van der Waals surface area contributed by atoms with Crippen molar-refractivity contribution in [2.45, 2.75) is 31.0 Å². The Morgan fingerprint density at radius 2 is 2.14 bits per heavy atom. The van der Waals surface area contributed by atoms with Crippen molar-refractivity contribution in [2.75, 3.05) is 30.9 Å². The summed E-state index contributed by atoms with van der Waals surface area (Å²) in [5.41, 5.74) is 0. The highest BCUT2D eigenvalue weighted by Crippen LogP contribution is 2.17. The first-order chi connectivity index (χ1) is 10.4. The second kappa shape index (κ2) is 7.32. The van der Waals surface area contributed by atoms with Crippen molar-refractivity contribution in [1.29, 1.82) is 0 Å². The van der Waals surface area contributed by atoms with E-state index in [0.29, 0.717) is 30.3 Å². The first kappa shape index (κ1) is 17.1. The summed E-state index contributed by atoms with van der Waals surface area (Å²) >= 11 is 1.46. The number of aryl methyl sites for hydroxylation is 1. The van der Waals surface area contributed by atoms with Gasteiger partial charge in [0.15, 0.2) is 0 Å². The van der Waals surface area contributed by atoms with Gasteiger partial charge in [-0.05, 0) is 19.8 Å². The minimum atomic E-state index is -2.90. The standard InChI is InChI=1S/C12H21N5O3S2/c1-9-14-11(16-15-9)21-6-5-13-12(18)17(2)10-3-7-22(19,20)8-4-10/h10H,3-8H2,1-2H3,(H,13,18)(H,14,15,16). The Hall–Kier alpha value is -1.29. The molecule has 0 aromatic carbocycles. The number of H-pyrrole nitrogens is 1. The summed E-state index contributed by atoms with van der Waals surface area (Å²) < 4.78 is 22.8. The number of hydrogen-bond acceptors (Lipinski definition) is 6. The van der Waals surface area contributed by atoms with E-state index in [2.05, 4.69) is 20.5 Å². The van der Waals surface area contributed by atoms with Crippen molar-refractivity contribution >= 4 is 27.6 Å². The van der Waals surface area contributed by atoms with E-state index >= 15 is 0 Å². The van der Waals surface area contributed by atoms with Crippen LogP contribution in [0.3, 0.4) is 0 Å². The highest BCUT2D eigenvalue weighted by Gasteiger charge is 2.28. The molecule has 2 rings (SSSR count). The first-order valence-electron chi connectivity index (χ1n) is 7.10. The molecular formula is C12H21N5O3S2. The molecule has 2 N–H and O–H groups in total. The number of thioether (sulfide) groups is 1. The molecule has 22 heavy (non-hydrogen) atoms.